The van der Waals surface area contributed by atoms with E-state index >= 15 is 0 Å². The number of ether oxygens (including phenoxy) is 2. The molecule has 1 fully saturated rings. The van der Waals surface area contributed by atoms with Crippen LogP contribution in [0.5, 0.6) is 5.75 Å². The number of nitrogens with zero attached hydrogens (tertiary/aromatic N) is 1. The van der Waals surface area contributed by atoms with Gasteiger partial charge in [0.25, 0.3) is 5.91 Å². The molecule has 0 spiro atoms. The zero-order chi connectivity index (χ0) is 21.3. The second-order valence-corrected chi connectivity index (χ2v) is 7.43. The van der Waals surface area contributed by atoms with Gasteiger partial charge < -0.3 is 19.7 Å². The van der Waals surface area contributed by atoms with Gasteiger partial charge in [-0.3, -0.25) is 9.59 Å². The minimum Gasteiger partial charge on any atom is -0.496 e. The quantitative estimate of drug-likeness (QED) is 0.724. The lowest BCUT2D eigenvalue weighted by Crippen LogP contribution is -2.43. The van der Waals surface area contributed by atoms with Crippen LogP contribution in [0.25, 0.3) is 0 Å². The highest BCUT2D eigenvalue weighted by Crippen LogP contribution is 2.24. The summed E-state index contributed by atoms with van der Waals surface area (Å²) < 4.78 is 10.9. The lowest BCUT2D eigenvalue weighted by molar-refractivity contribution is -0.126. The summed E-state index contributed by atoms with van der Waals surface area (Å²) in [5.41, 5.74) is 2.57. The summed E-state index contributed by atoms with van der Waals surface area (Å²) in [6, 6.07) is 15.3. The van der Waals surface area contributed by atoms with Gasteiger partial charge >= 0.3 is 0 Å². The van der Waals surface area contributed by atoms with Gasteiger partial charge in [0.2, 0.25) is 5.91 Å². The first-order valence-corrected chi connectivity index (χ1v) is 10.5. The largest absolute Gasteiger partial charge is 0.496 e. The topological polar surface area (TPSA) is 67.9 Å². The normalized spacial score (nSPS) is 14.4. The van der Waals surface area contributed by atoms with E-state index in [-0.39, 0.29) is 17.7 Å². The minimum atomic E-state index is -0.0536. The number of methoxy groups -OCH3 is 1. The van der Waals surface area contributed by atoms with Crippen molar-refractivity contribution in [2.45, 2.75) is 32.9 Å². The van der Waals surface area contributed by atoms with Crippen LogP contribution < -0.4 is 10.1 Å². The van der Waals surface area contributed by atoms with Gasteiger partial charge in [0.15, 0.2) is 0 Å². The van der Waals surface area contributed by atoms with Gasteiger partial charge in [-0.05, 0) is 43.5 Å². The predicted octanol–water partition coefficient (Wildman–Crippen LogP) is 3.40. The number of carbonyl (C=O) groups is 2. The van der Waals surface area contributed by atoms with E-state index in [9.17, 15) is 9.59 Å². The van der Waals surface area contributed by atoms with Crippen molar-refractivity contribution in [3.8, 4) is 5.75 Å². The Morgan fingerprint density at radius 2 is 1.83 bits per heavy atom. The second kappa shape index (κ2) is 10.8. The van der Waals surface area contributed by atoms with Crippen LogP contribution in [0.4, 0.5) is 0 Å². The van der Waals surface area contributed by atoms with E-state index in [1.54, 1.807) is 13.2 Å². The molecule has 160 valence electrons. The standard InChI is InChI=1S/C24H30N2O4/c1-3-30-17-21-15-20(9-10-22(21)29-2)24(28)26-13-11-19(12-14-26)23(27)25-16-18-7-5-4-6-8-18/h4-10,15,19H,3,11-14,16-17H2,1-2H3,(H,25,27). The van der Waals surface area contributed by atoms with Crippen molar-refractivity contribution >= 4 is 11.8 Å². The molecule has 1 N–H and O–H groups in total. The number of hydrogen-bond donors (Lipinski definition) is 1. The summed E-state index contributed by atoms with van der Waals surface area (Å²) in [6.45, 7) is 4.63. The van der Waals surface area contributed by atoms with E-state index in [4.69, 9.17) is 9.47 Å². The van der Waals surface area contributed by atoms with Crippen molar-refractivity contribution in [1.82, 2.24) is 10.2 Å². The van der Waals surface area contributed by atoms with Crippen molar-refractivity contribution in [1.29, 1.82) is 0 Å². The van der Waals surface area contributed by atoms with Crippen molar-refractivity contribution in [3.63, 3.8) is 0 Å². The van der Waals surface area contributed by atoms with Crippen molar-refractivity contribution in [3.05, 3.63) is 65.2 Å². The number of carbonyl (C=O) groups excluding carboxylic acids is 2. The molecule has 0 atom stereocenters. The third kappa shape index (κ3) is 5.60. The maximum atomic E-state index is 13.0. The highest BCUT2D eigenvalue weighted by molar-refractivity contribution is 5.94. The third-order valence-electron chi connectivity index (χ3n) is 5.45. The van der Waals surface area contributed by atoms with Gasteiger partial charge in [0.1, 0.15) is 5.75 Å². The van der Waals surface area contributed by atoms with Crippen molar-refractivity contribution in [2.75, 3.05) is 26.8 Å². The zero-order valence-electron chi connectivity index (χ0n) is 17.7. The summed E-state index contributed by atoms with van der Waals surface area (Å²) in [5, 5.41) is 3.01. The lowest BCUT2D eigenvalue weighted by Gasteiger charge is -2.31. The molecule has 0 saturated carbocycles. The molecule has 6 heteroatoms. The summed E-state index contributed by atoms with van der Waals surface area (Å²) in [7, 11) is 1.61. The average molecular weight is 411 g/mol. The molecule has 2 aromatic carbocycles. The second-order valence-electron chi connectivity index (χ2n) is 7.43. The van der Waals surface area contributed by atoms with E-state index in [0.29, 0.717) is 57.0 Å². The number of amides is 2. The van der Waals surface area contributed by atoms with E-state index in [1.165, 1.54) is 0 Å². The number of likely N-dealkylation sites (tertiary alicyclic amines) is 1. The van der Waals surface area contributed by atoms with Crippen LogP contribution in [0.1, 0.15) is 41.3 Å². The predicted molar refractivity (Wildman–Crippen MR) is 115 cm³/mol. The highest BCUT2D eigenvalue weighted by atomic mass is 16.5. The highest BCUT2D eigenvalue weighted by Gasteiger charge is 2.28. The van der Waals surface area contributed by atoms with Crippen LogP contribution in [0.15, 0.2) is 48.5 Å². The fourth-order valence-corrected chi connectivity index (χ4v) is 3.69. The van der Waals surface area contributed by atoms with Crippen LogP contribution in [0, 0.1) is 5.92 Å². The van der Waals surface area contributed by atoms with Gasteiger partial charge in [-0.15, -0.1) is 0 Å². The monoisotopic (exact) mass is 410 g/mol. The number of hydrogen-bond acceptors (Lipinski definition) is 4. The van der Waals surface area contributed by atoms with Crippen LogP contribution in [0.2, 0.25) is 0 Å². The maximum absolute atomic E-state index is 13.0. The Kier molecular flexibility index (Phi) is 7.85. The minimum absolute atomic E-state index is 0.0152. The molecular formula is C24H30N2O4. The summed E-state index contributed by atoms with van der Waals surface area (Å²) in [4.78, 5) is 27.3. The molecule has 0 bridgehead atoms. The van der Waals surface area contributed by atoms with Crippen LogP contribution >= 0.6 is 0 Å². The lowest BCUT2D eigenvalue weighted by atomic mass is 9.95. The Morgan fingerprint density at radius 3 is 2.50 bits per heavy atom. The molecule has 2 amide bonds. The Labute approximate surface area is 178 Å². The average Bonchev–Trinajstić information content (AvgIpc) is 2.81. The first-order valence-electron chi connectivity index (χ1n) is 10.5. The van der Waals surface area contributed by atoms with Gasteiger partial charge in [0.05, 0.1) is 13.7 Å². The summed E-state index contributed by atoms with van der Waals surface area (Å²) in [6.07, 6.45) is 1.35. The number of piperidine rings is 1. The Bertz CT molecular complexity index is 846. The molecule has 2 aromatic rings. The molecule has 1 aliphatic rings. The van der Waals surface area contributed by atoms with Crippen LogP contribution in [-0.2, 0) is 22.7 Å². The molecule has 6 nitrogen and oxygen atoms in total. The van der Waals surface area contributed by atoms with Gasteiger partial charge in [0, 0.05) is 43.3 Å². The first kappa shape index (κ1) is 21.8. The Morgan fingerprint density at radius 1 is 1.10 bits per heavy atom. The fraction of sp³-hybridized carbons (Fsp3) is 0.417. The van der Waals surface area contributed by atoms with E-state index in [1.807, 2.05) is 54.3 Å². The van der Waals surface area contributed by atoms with Crippen LogP contribution in [-0.4, -0.2) is 43.5 Å². The number of benzene rings is 2. The first-order chi connectivity index (χ1) is 14.6. The van der Waals surface area contributed by atoms with E-state index in [2.05, 4.69) is 5.32 Å². The molecule has 0 aliphatic carbocycles. The maximum Gasteiger partial charge on any atom is 0.253 e. The molecule has 0 radical (unpaired) electrons. The Balaban J connectivity index is 1.54. The van der Waals surface area contributed by atoms with Gasteiger partial charge in [-0.25, -0.2) is 0 Å². The van der Waals surface area contributed by atoms with E-state index < -0.39 is 0 Å². The number of rotatable bonds is 8. The van der Waals surface area contributed by atoms with Crippen molar-refractivity contribution < 1.29 is 19.1 Å². The van der Waals surface area contributed by atoms with Crippen molar-refractivity contribution in [2.24, 2.45) is 5.92 Å². The Hall–Kier alpha value is -2.86. The summed E-state index contributed by atoms with van der Waals surface area (Å²) in [5.74, 6) is 0.712. The molecule has 0 unspecified atom stereocenters. The molecule has 30 heavy (non-hydrogen) atoms. The number of nitrogens with one attached hydrogen (secondary N) is 1. The van der Waals surface area contributed by atoms with Gasteiger partial charge in [-0.1, -0.05) is 30.3 Å². The van der Waals surface area contributed by atoms with Crippen LogP contribution in [0.3, 0.4) is 0 Å². The third-order valence-corrected chi connectivity index (χ3v) is 5.45. The molecule has 1 saturated heterocycles. The fourth-order valence-electron chi connectivity index (χ4n) is 3.69. The summed E-state index contributed by atoms with van der Waals surface area (Å²) >= 11 is 0. The smallest absolute Gasteiger partial charge is 0.253 e. The molecule has 1 heterocycles. The molecule has 0 aromatic heterocycles. The molecule has 3 rings (SSSR count). The van der Waals surface area contributed by atoms with E-state index in [0.717, 1.165) is 11.1 Å². The molecule has 1 aliphatic heterocycles. The zero-order valence-corrected chi connectivity index (χ0v) is 17.7. The van der Waals surface area contributed by atoms with Gasteiger partial charge in [-0.2, -0.15) is 0 Å². The molecular weight excluding hydrogens is 380 g/mol. The SMILES string of the molecule is CCOCc1cc(C(=O)N2CCC(C(=O)NCc3ccccc3)CC2)ccc1OC.